The number of hydrogen-bond donors (Lipinski definition) is 2. The lowest BCUT2D eigenvalue weighted by Crippen LogP contribution is -2.40. The topological polar surface area (TPSA) is 91.0 Å². The van der Waals surface area contributed by atoms with E-state index in [1.54, 1.807) is 27.0 Å². The van der Waals surface area contributed by atoms with Crippen LogP contribution in [0.2, 0.25) is 0 Å². The van der Waals surface area contributed by atoms with E-state index in [0.29, 0.717) is 6.42 Å². The van der Waals surface area contributed by atoms with Crippen molar-refractivity contribution in [1.29, 1.82) is 0 Å². The summed E-state index contributed by atoms with van der Waals surface area (Å²) >= 11 is 0. The van der Waals surface area contributed by atoms with E-state index in [9.17, 15) is 4.79 Å². The lowest BCUT2D eigenvalue weighted by Gasteiger charge is -2.19. The van der Waals surface area contributed by atoms with E-state index in [1.807, 2.05) is 6.92 Å². The maximum atomic E-state index is 10.1. The number of unbranched alkanes of at least 4 members (excludes halogenated alkanes) is 1. The molecule has 0 aliphatic rings. The number of nitrogens with two attached hydrogens (primary N) is 1. The van der Waals surface area contributed by atoms with Gasteiger partial charge >= 0.3 is 8.80 Å². The first-order valence-corrected chi connectivity index (χ1v) is 7.21. The molecule has 1 amide bonds. The van der Waals surface area contributed by atoms with Gasteiger partial charge in [-0.25, -0.2) is 0 Å². The predicted molar refractivity (Wildman–Crippen MR) is 71.8 cm³/mol. The van der Waals surface area contributed by atoms with Crippen molar-refractivity contribution >= 4 is 14.7 Å². The van der Waals surface area contributed by atoms with Crippen molar-refractivity contribution in [2.45, 2.75) is 19.8 Å². The monoisotopic (exact) mass is 277 g/mol. The number of carbonyl (C=O) groups excluding carboxylic acids is 1. The molecule has 0 aromatic carbocycles. The average molecular weight is 277 g/mol. The van der Waals surface area contributed by atoms with Crippen molar-refractivity contribution in [1.82, 2.24) is 0 Å². The summed E-state index contributed by atoms with van der Waals surface area (Å²) < 4.78 is 14.9. The van der Waals surface area contributed by atoms with Crippen LogP contribution in [0.25, 0.3) is 0 Å². The largest absolute Gasteiger partial charge is 0.528 e. The zero-order valence-electron chi connectivity index (χ0n) is 11.4. The summed E-state index contributed by atoms with van der Waals surface area (Å²) in [6.45, 7) is 5.48. The first kappa shape index (κ1) is 19.2. The van der Waals surface area contributed by atoms with Gasteiger partial charge in [-0.3, -0.25) is 4.79 Å². The Morgan fingerprint density at radius 1 is 1.33 bits per heavy atom. The highest BCUT2D eigenvalue weighted by Gasteiger charge is 2.33. The van der Waals surface area contributed by atoms with Gasteiger partial charge in [-0.2, -0.15) is 0 Å². The third kappa shape index (κ3) is 8.01. The molecule has 0 rings (SSSR count). The van der Waals surface area contributed by atoms with Gasteiger partial charge in [0.05, 0.1) is 0 Å². The average Bonchev–Trinajstić information content (AvgIpc) is 2.40. The molecule has 0 fully saturated rings. The normalized spacial score (nSPS) is 11.4. The van der Waals surface area contributed by atoms with Gasteiger partial charge in [-0.15, -0.1) is 0 Å². The van der Waals surface area contributed by atoms with Gasteiger partial charge in [-0.05, 0) is 18.2 Å². The van der Waals surface area contributed by atoms with E-state index in [0.717, 1.165) is 6.42 Å². The van der Waals surface area contributed by atoms with Crippen molar-refractivity contribution < 1.29 is 23.2 Å². The van der Waals surface area contributed by atoms with Crippen molar-refractivity contribution in [3.05, 3.63) is 24.1 Å². The molecule has 7 heteroatoms. The van der Waals surface area contributed by atoms with E-state index in [-0.39, 0.29) is 5.76 Å². The summed E-state index contributed by atoms with van der Waals surface area (Å²) in [6, 6.07) is 0. The Kier molecular flexibility index (Phi) is 11.7. The Balaban J connectivity index is 0. The molecule has 0 aliphatic carbocycles. The van der Waals surface area contributed by atoms with Crippen molar-refractivity contribution in [2.75, 3.05) is 21.3 Å². The predicted octanol–water partition coefficient (Wildman–Crippen LogP) is 1.30. The van der Waals surface area contributed by atoms with Gasteiger partial charge in [0.2, 0.25) is 0 Å². The Bertz CT molecular complexity index is 268. The first-order valence-electron chi connectivity index (χ1n) is 5.40. The van der Waals surface area contributed by atoms with Crippen molar-refractivity contribution in [2.24, 2.45) is 5.73 Å². The SMILES string of the molecule is C=C[Si](OC)(OC)OC.CCC/C=C(\O)C(N)=O. The van der Waals surface area contributed by atoms with E-state index >= 15 is 0 Å². The number of aliphatic hydroxyl groups excluding tert-OH is 1. The summed E-state index contributed by atoms with van der Waals surface area (Å²) in [5.74, 6) is -1.10. The highest BCUT2D eigenvalue weighted by Crippen LogP contribution is 2.04. The second-order valence-electron chi connectivity index (χ2n) is 3.16. The number of aliphatic hydroxyl groups is 1. The van der Waals surface area contributed by atoms with Crippen LogP contribution in [0.4, 0.5) is 0 Å². The molecular weight excluding hydrogens is 254 g/mol. The zero-order valence-corrected chi connectivity index (χ0v) is 12.4. The molecule has 0 heterocycles. The maximum absolute atomic E-state index is 10.1. The fourth-order valence-electron chi connectivity index (χ4n) is 0.882. The van der Waals surface area contributed by atoms with E-state index in [1.165, 1.54) is 6.08 Å². The molecule has 0 radical (unpaired) electrons. The van der Waals surface area contributed by atoms with Gasteiger partial charge < -0.3 is 24.1 Å². The summed E-state index contributed by atoms with van der Waals surface area (Å²) in [4.78, 5) is 10.1. The molecule has 0 aromatic heterocycles. The second kappa shape index (κ2) is 11.0. The molecule has 0 aliphatic heterocycles. The number of rotatable bonds is 7. The number of primary amides is 1. The highest BCUT2D eigenvalue weighted by molar-refractivity contribution is 6.66. The third-order valence-corrected chi connectivity index (χ3v) is 4.19. The van der Waals surface area contributed by atoms with Crippen molar-refractivity contribution in [3.63, 3.8) is 0 Å². The van der Waals surface area contributed by atoms with Crippen LogP contribution in [0.5, 0.6) is 0 Å². The molecule has 0 atom stereocenters. The molecule has 0 spiro atoms. The van der Waals surface area contributed by atoms with Gasteiger partial charge in [-0.1, -0.05) is 19.9 Å². The molecule has 0 unspecified atom stereocenters. The second-order valence-corrected chi connectivity index (χ2v) is 6.00. The van der Waals surface area contributed by atoms with Crippen LogP contribution in [-0.2, 0) is 18.1 Å². The van der Waals surface area contributed by atoms with E-state index in [4.69, 9.17) is 24.1 Å². The van der Waals surface area contributed by atoms with Crippen LogP contribution >= 0.6 is 0 Å². The molecule has 106 valence electrons. The fourth-order valence-corrected chi connectivity index (χ4v) is 1.88. The Morgan fingerprint density at radius 3 is 1.94 bits per heavy atom. The molecule has 0 aromatic rings. The minimum Gasteiger partial charge on any atom is -0.503 e. The van der Waals surface area contributed by atoms with E-state index < -0.39 is 14.7 Å². The highest BCUT2D eigenvalue weighted by atomic mass is 28.4. The van der Waals surface area contributed by atoms with Crippen LogP contribution < -0.4 is 5.73 Å². The number of amides is 1. The molecular formula is C11H23NO5Si. The Hall–Kier alpha value is -1.15. The minimum atomic E-state index is -2.43. The lowest BCUT2D eigenvalue weighted by atomic mass is 10.3. The first-order chi connectivity index (χ1) is 8.42. The minimum absolute atomic E-state index is 0.336. The number of allylic oxidation sites excluding steroid dienone is 1. The third-order valence-electron chi connectivity index (χ3n) is 1.98. The molecule has 0 bridgehead atoms. The molecule has 6 nitrogen and oxygen atoms in total. The van der Waals surface area contributed by atoms with Crippen LogP contribution in [0.1, 0.15) is 19.8 Å². The van der Waals surface area contributed by atoms with Crippen LogP contribution in [-0.4, -0.2) is 41.1 Å². The molecule has 18 heavy (non-hydrogen) atoms. The number of carbonyl (C=O) groups is 1. The van der Waals surface area contributed by atoms with Crippen LogP contribution in [0.3, 0.4) is 0 Å². The Labute approximate surface area is 109 Å². The van der Waals surface area contributed by atoms with Crippen molar-refractivity contribution in [3.8, 4) is 0 Å². The zero-order chi connectivity index (χ0) is 14.6. The molecule has 0 saturated heterocycles. The lowest BCUT2D eigenvalue weighted by molar-refractivity contribution is -0.116. The van der Waals surface area contributed by atoms with Gasteiger partial charge in [0.25, 0.3) is 5.91 Å². The van der Waals surface area contributed by atoms with E-state index in [2.05, 4.69) is 6.58 Å². The van der Waals surface area contributed by atoms with Gasteiger partial charge in [0.15, 0.2) is 5.76 Å². The fraction of sp³-hybridized carbons (Fsp3) is 0.545. The standard InChI is InChI=1S/C6H11NO2.C5H12O3Si/c1-2-3-4-5(8)6(7)9;1-5-9(6-2,7-3)8-4/h4,8H,2-3H2,1H3,(H2,7,9);5H,1H2,2-4H3/b5-4-;. The van der Waals surface area contributed by atoms with Crippen LogP contribution in [0.15, 0.2) is 24.1 Å². The summed E-state index contributed by atoms with van der Waals surface area (Å²) in [5.41, 5.74) is 6.30. The molecule has 3 N–H and O–H groups in total. The smallest absolute Gasteiger partial charge is 0.503 e. The summed E-state index contributed by atoms with van der Waals surface area (Å²) in [5, 5.41) is 8.64. The summed E-state index contributed by atoms with van der Waals surface area (Å²) in [7, 11) is 2.20. The van der Waals surface area contributed by atoms with Gasteiger partial charge in [0, 0.05) is 21.3 Å². The molecule has 0 saturated carbocycles. The van der Waals surface area contributed by atoms with Crippen LogP contribution in [0, 0.1) is 0 Å². The maximum Gasteiger partial charge on any atom is 0.528 e. The quantitative estimate of drug-likeness (QED) is 0.416. The van der Waals surface area contributed by atoms with Gasteiger partial charge in [0.1, 0.15) is 0 Å². The summed E-state index contributed by atoms with van der Waals surface area (Å²) in [6.07, 6.45) is 3.01. The number of hydrogen-bond acceptors (Lipinski definition) is 5. The Morgan fingerprint density at radius 2 is 1.78 bits per heavy atom.